The van der Waals surface area contributed by atoms with Crippen LogP contribution in [-0.4, -0.2) is 14.3 Å². The van der Waals surface area contributed by atoms with Crippen LogP contribution in [0.4, 0.5) is 0 Å². The minimum absolute atomic E-state index is 0.609. The van der Waals surface area contributed by atoms with E-state index in [1.807, 2.05) is 0 Å². The Morgan fingerprint density at radius 1 is 1.38 bits per heavy atom. The standard InChI is InChI=1S/C7H3BrClN3S/c8-7-11-6(12-13-7)5-2-1-4(9)3-10-5/h1-3H. The highest BCUT2D eigenvalue weighted by molar-refractivity contribution is 9.11. The van der Waals surface area contributed by atoms with Crippen LogP contribution in [0.25, 0.3) is 11.5 Å². The second-order valence-electron chi connectivity index (χ2n) is 2.23. The largest absolute Gasteiger partial charge is 0.251 e. The molecular weight excluding hydrogens is 274 g/mol. The van der Waals surface area contributed by atoms with Crippen molar-refractivity contribution in [3.8, 4) is 11.5 Å². The van der Waals surface area contributed by atoms with E-state index in [1.165, 1.54) is 11.5 Å². The maximum absolute atomic E-state index is 5.69. The van der Waals surface area contributed by atoms with Crippen molar-refractivity contribution in [1.82, 2.24) is 14.3 Å². The first-order valence-electron chi connectivity index (χ1n) is 3.37. The number of pyridine rings is 1. The van der Waals surface area contributed by atoms with Gasteiger partial charge in [0.1, 0.15) is 5.69 Å². The number of halogens is 2. The van der Waals surface area contributed by atoms with Gasteiger partial charge in [0.05, 0.1) is 5.02 Å². The maximum Gasteiger partial charge on any atom is 0.192 e. The Bertz CT molecular complexity index is 414. The summed E-state index contributed by atoms with van der Waals surface area (Å²) in [6, 6.07) is 3.55. The van der Waals surface area contributed by atoms with E-state index < -0.39 is 0 Å². The molecule has 2 rings (SSSR count). The molecule has 13 heavy (non-hydrogen) atoms. The highest BCUT2D eigenvalue weighted by Crippen LogP contribution is 2.20. The molecule has 2 aromatic heterocycles. The van der Waals surface area contributed by atoms with E-state index >= 15 is 0 Å². The summed E-state index contributed by atoms with van der Waals surface area (Å²) in [5.74, 6) is 0.619. The molecule has 0 spiro atoms. The number of hydrogen-bond acceptors (Lipinski definition) is 4. The fraction of sp³-hybridized carbons (Fsp3) is 0. The third-order valence-corrected chi connectivity index (χ3v) is 2.70. The van der Waals surface area contributed by atoms with Gasteiger partial charge < -0.3 is 0 Å². The van der Waals surface area contributed by atoms with Gasteiger partial charge in [0.25, 0.3) is 0 Å². The minimum atomic E-state index is 0.609. The molecule has 0 bridgehead atoms. The molecule has 0 unspecified atom stereocenters. The highest BCUT2D eigenvalue weighted by Gasteiger charge is 2.05. The highest BCUT2D eigenvalue weighted by atomic mass is 79.9. The lowest BCUT2D eigenvalue weighted by Crippen LogP contribution is -1.83. The van der Waals surface area contributed by atoms with E-state index in [4.69, 9.17) is 11.6 Å². The quantitative estimate of drug-likeness (QED) is 0.803. The van der Waals surface area contributed by atoms with E-state index in [0.717, 1.165) is 9.61 Å². The maximum atomic E-state index is 5.69. The third-order valence-electron chi connectivity index (χ3n) is 1.36. The Kier molecular flexibility index (Phi) is 2.57. The average molecular weight is 277 g/mol. The van der Waals surface area contributed by atoms with E-state index in [0.29, 0.717) is 10.8 Å². The molecule has 0 N–H and O–H groups in total. The summed E-state index contributed by atoms with van der Waals surface area (Å²) < 4.78 is 4.84. The summed E-state index contributed by atoms with van der Waals surface area (Å²) in [5.41, 5.74) is 0.728. The zero-order valence-corrected chi connectivity index (χ0v) is 9.40. The molecule has 0 amide bonds. The van der Waals surface area contributed by atoms with Gasteiger partial charge in [0.15, 0.2) is 9.74 Å². The van der Waals surface area contributed by atoms with Gasteiger partial charge >= 0.3 is 0 Å². The summed E-state index contributed by atoms with van der Waals surface area (Å²) in [4.78, 5) is 8.22. The third kappa shape index (κ3) is 2.04. The Labute approximate surface area is 92.1 Å². The lowest BCUT2D eigenvalue weighted by molar-refractivity contribution is 1.22. The summed E-state index contributed by atoms with van der Waals surface area (Å²) in [6.07, 6.45) is 1.58. The van der Waals surface area contributed by atoms with Crippen LogP contribution in [0.2, 0.25) is 5.02 Å². The van der Waals surface area contributed by atoms with Crippen molar-refractivity contribution in [2.75, 3.05) is 0 Å². The molecule has 0 aliphatic carbocycles. The Hall–Kier alpha value is -0.520. The normalized spacial score (nSPS) is 10.3. The van der Waals surface area contributed by atoms with Gasteiger partial charge in [0.2, 0.25) is 0 Å². The molecule has 2 heterocycles. The van der Waals surface area contributed by atoms with Crippen molar-refractivity contribution in [1.29, 1.82) is 0 Å². The predicted molar refractivity (Wildman–Crippen MR) is 55.9 cm³/mol. The number of hydrogen-bond donors (Lipinski definition) is 0. The number of rotatable bonds is 1. The molecule has 0 aliphatic heterocycles. The van der Waals surface area contributed by atoms with Crippen molar-refractivity contribution < 1.29 is 0 Å². The second-order valence-corrected chi connectivity index (χ2v) is 4.70. The van der Waals surface area contributed by atoms with Crippen molar-refractivity contribution in [3.05, 3.63) is 27.3 Å². The first-order chi connectivity index (χ1) is 6.25. The molecule has 66 valence electrons. The SMILES string of the molecule is Clc1ccc(-c2nsc(Br)n2)nc1. The molecule has 0 radical (unpaired) electrons. The first kappa shape index (κ1) is 9.05. The monoisotopic (exact) mass is 275 g/mol. The fourth-order valence-electron chi connectivity index (χ4n) is 0.817. The van der Waals surface area contributed by atoms with E-state index in [1.54, 1.807) is 18.3 Å². The van der Waals surface area contributed by atoms with Gasteiger partial charge in [-0.25, -0.2) is 4.98 Å². The van der Waals surface area contributed by atoms with Crippen molar-refractivity contribution in [3.63, 3.8) is 0 Å². The molecule has 0 saturated carbocycles. The van der Waals surface area contributed by atoms with E-state index in [2.05, 4.69) is 30.3 Å². The molecule has 2 aromatic rings. The van der Waals surface area contributed by atoms with Gasteiger partial charge in [-0.05, 0) is 39.6 Å². The Morgan fingerprint density at radius 2 is 2.23 bits per heavy atom. The van der Waals surface area contributed by atoms with E-state index in [-0.39, 0.29) is 0 Å². The summed E-state index contributed by atoms with van der Waals surface area (Å²) >= 11 is 10.2. The van der Waals surface area contributed by atoms with Gasteiger partial charge in [-0.3, -0.25) is 4.98 Å². The van der Waals surface area contributed by atoms with Crippen LogP contribution in [0.5, 0.6) is 0 Å². The fourth-order valence-corrected chi connectivity index (χ4v) is 1.74. The lowest BCUT2D eigenvalue weighted by Gasteiger charge is -1.92. The van der Waals surface area contributed by atoms with Gasteiger partial charge in [-0.15, -0.1) is 0 Å². The van der Waals surface area contributed by atoms with Crippen molar-refractivity contribution in [2.45, 2.75) is 0 Å². The molecule has 3 nitrogen and oxygen atoms in total. The number of aromatic nitrogens is 3. The van der Waals surface area contributed by atoms with Crippen molar-refractivity contribution in [2.24, 2.45) is 0 Å². The van der Waals surface area contributed by atoms with Crippen LogP contribution in [0, 0.1) is 0 Å². The second kappa shape index (κ2) is 3.69. The number of nitrogens with zero attached hydrogens (tertiary/aromatic N) is 3. The lowest BCUT2D eigenvalue weighted by atomic mass is 10.3. The smallest absolute Gasteiger partial charge is 0.192 e. The van der Waals surface area contributed by atoms with E-state index in [9.17, 15) is 0 Å². The zero-order valence-electron chi connectivity index (χ0n) is 6.24. The molecule has 0 aliphatic rings. The molecule has 0 aromatic carbocycles. The van der Waals surface area contributed by atoms with Crippen LogP contribution in [0.15, 0.2) is 22.2 Å². The van der Waals surface area contributed by atoms with Crippen molar-refractivity contribution >= 4 is 39.1 Å². The minimum Gasteiger partial charge on any atom is -0.251 e. The molecular formula is C7H3BrClN3S. The Balaban J connectivity index is 2.41. The van der Waals surface area contributed by atoms with Gasteiger partial charge in [0, 0.05) is 6.20 Å². The zero-order chi connectivity index (χ0) is 9.26. The average Bonchev–Trinajstić information content (AvgIpc) is 2.53. The molecule has 0 atom stereocenters. The first-order valence-corrected chi connectivity index (χ1v) is 5.31. The Morgan fingerprint density at radius 3 is 2.77 bits per heavy atom. The molecule has 0 fully saturated rings. The van der Waals surface area contributed by atoms with Crippen LogP contribution in [-0.2, 0) is 0 Å². The molecule has 6 heteroatoms. The summed E-state index contributed by atoms with van der Waals surface area (Å²) in [5, 5.41) is 0.609. The summed E-state index contributed by atoms with van der Waals surface area (Å²) in [6.45, 7) is 0. The van der Waals surface area contributed by atoms with Crippen LogP contribution < -0.4 is 0 Å². The van der Waals surface area contributed by atoms with Gasteiger partial charge in [-0.1, -0.05) is 11.6 Å². The van der Waals surface area contributed by atoms with Gasteiger partial charge in [-0.2, -0.15) is 4.37 Å². The van der Waals surface area contributed by atoms with Crippen LogP contribution in [0.1, 0.15) is 0 Å². The predicted octanol–water partition coefficient (Wildman–Crippen LogP) is 3.02. The topological polar surface area (TPSA) is 38.7 Å². The van der Waals surface area contributed by atoms with Crippen LogP contribution in [0.3, 0.4) is 0 Å². The summed E-state index contributed by atoms with van der Waals surface area (Å²) in [7, 11) is 0. The van der Waals surface area contributed by atoms with Crippen LogP contribution >= 0.6 is 39.1 Å². The molecule has 0 saturated heterocycles.